The fourth-order valence-electron chi connectivity index (χ4n) is 2.52. The number of aliphatic hydroxyl groups excluding tert-OH is 1. The summed E-state index contributed by atoms with van der Waals surface area (Å²) in [7, 11) is 0. The topological polar surface area (TPSA) is 117 Å². The van der Waals surface area contributed by atoms with Gasteiger partial charge in [-0.1, -0.05) is 32.0 Å². The quantitative estimate of drug-likeness (QED) is 0.544. The van der Waals surface area contributed by atoms with Crippen LogP contribution in [0.25, 0.3) is 0 Å². The normalized spacial score (nSPS) is 13.0. The van der Waals surface area contributed by atoms with Gasteiger partial charge in [-0.15, -0.1) is 0 Å². The second-order valence-corrected chi connectivity index (χ2v) is 6.85. The number of nitrogens with zero attached hydrogens (tertiary/aromatic N) is 1. The van der Waals surface area contributed by atoms with Gasteiger partial charge in [0.1, 0.15) is 17.7 Å². The van der Waals surface area contributed by atoms with Crippen LogP contribution in [0, 0.1) is 11.7 Å². The molecule has 1 aromatic carbocycles. The second kappa shape index (κ2) is 9.80. The number of pyridine rings is 1. The highest BCUT2D eigenvalue weighted by Crippen LogP contribution is 2.17. The molecule has 150 valence electrons. The lowest BCUT2D eigenvalue weighted by Gasteiger charge is -2.20. The molecular formula is C20H25FN4O3. The van der Waals surface area contributed by atoms with E-state index in [2.05, 4.69) is 15.6 Å². The van der Waals surface area contributed by atoms with Crippen LogP contribution in [0.15, 0.2) is 42.6 Å². The maximum Gasteiger partial charge on any atom is 0.249 e. The minimum atomic E-state index is -1.17. The number of hydrogen-bond acceptors (Lipinski definition) is 5. The number of halogens is 1. The number of rotatable bonds is 8. The minimum Gasteiger partial charge on any atom is -0.384 e. The number of carbonyl (C=O) groups excluding carboxylic acids is 2. The number of benzene rings is 1. The minimum absolute atomic E-state index is 0.0277. The lowest BCUT2D eigenvalue weighted by atomic mass is 9.97. The van der Waals surface area contributed by atoms with Crippen LogP contribution in [0.2, 0.25) is 0 Å². The van der Waals surface area contributed by atoms with E-state index in [-0.39, 0.29) is 24.9 Å². The van der Waals surface area contributed by atoms with Gasteiger partial charge in [0.25, 0.3) is 0 Å². The molecule has 0 spiro atoms. The van der Waals surface area contributed by atoms with Gasteiger partial charge in [0.2, 0.25) is 11.8 Å². The van der Waals surface area contributed by atoms with Crippen LogP contribution >= 0.6 is 0 Å². The molecule has 0 aliphatic carbocycles. The summed E-state index contributed by atoms with van der Waals surface area (Å²) in [5, 5.41) is 15.2. The first kappa shape index (κ1) is 21.3. The van der Waals surface area contributed by atoms with E-state index in [0.717, 1.165) is 5.56 Å². The molecule has 1 heterocycles. The molecule has 7 nitrogen and oxygen atoms in total. The predicted octanol–water partition coefficient (Wildman–Crippen LogP) is 1.34. The van der Waals surface area contributed by atoms with E-state index >= 15 is 0 Å². The molecule has 28 heavy (non-hydrogen) atoms. The Kier molecular flexibility index (Phi) is 7.45. The molecule has 0 unspecified atom stereocenters. The number of aromatic nitrogens is 1. The van der Waals surface area contributed by atoms with Crippen LogP contribution in [-0.2, 0) is 16.1 Å². The van der Waals surface area contributed by atoms with E-state index in [1.807, 2.05) is 0 Å². The number of carbonyl (C=O) groups is 2. The maximum absolute atomic E-state index is 13.2. The predicted molar refractivity (Wildman–Crippen MR) is 103 cm³/mol. The van der Waals surface area contributed by atoms with Gasteiger partial charge in [0.05, 0.1) is 5.92 Å². The number of nitrogens with one attached hydrogen (secondary N) is 2. The summed E-state index contributed by atoms with van der Waals surface area (Å²) in [5.41, 5.74) is 6.86. The van der Waals surface area contributed by atoms with E-state index in [4.69, 9.17) is 5.73 Å². The summed E-state index contributed by atoms with van der Waals surface area (Å²) in [6.45, 7) is 3.64. The van der Waals surface area contributed by atoms with Crippen LogP contribution < -0.4 is 16.4 Å². The Balaban J connectivity index is 2.08. The smallest absolute Gasteiger partial charge is 0.249 e. The van der Waals surface area contributed by atoms with Crippen molar-refractivity contribution in [3.63, 3.8) is 0 Å². The van der Waals surface area contributed by atoms with Gasteiger partial charge in [0.15, 0.2) is 0 Å². The lowest BCUT2D eigenvalue weighted by molar-refractivity contribution is -0.131. The molecule has 0 aliphatic rings. The van der Waals surface area contributed by atoms with Crippen molar-refractivity contribution < 1.29 is 19.1 Å². The van der Waals surface area contributed by atoms with Crippen molar-refractivity contribution in [1.82, 2.24) is 15.6 Å². The summed E-state index contributed by atoms with van der Waals surface area (Å²) < 4.78 is 13.2. The molecule has 2 amide bonds. The van der Waals surface area contributed by atoms with Crippen LogP contribution in [0.3, 0.4) is 0 Å². The van der Waals surface area contributed by atoms with Gasteiger partial charge in [-0.3, -0.25) is 9.59 Å². The van der Waals surface area contributed by atoms with Gasteiger partial charge in [0, 0.05) is 19.3 Å². The van der Waals surface area contributed by atoms with E-state index < -0.39 is 23.7 Å². The third kappa shape index (κ3) is 6.02. The van der Waals surface area contributed by atoms with Crippen molar-refractivity contribution in [2.24, 2.45) is 5.92 Å². The highest BCUT2D eigenvalue weighted by atomic mass is 19.1. The van der Waals surface area contributed by atoms with Crippen molar-refractivity contribution in [2.75, 3.05) is 12.3 Å². The molecule has 0 radical (unpaired) electrons. The Labute approximate surface area is 163 Å². The van der Waals surface area contributed by atoms with Gasteiger partial charge in [-0.05, 0) is 35.2 Å². The summed E-state index contributed by atoms with van der Waals surface area (Å²) in [5.74, 6) is -1.94. The molecule has 0 saturated heterocycles. The van der Waals surface area contributed by atoms with E-state index in [1.54, 1.807) is 32.2 Å². The van der Waals surface area contributed by atoms with Gasteiger partial charge in [-0.2, -0.15) is 0 Å². The number of anilines is 1. The molecule has 5 N–H and O–H groups in total. The van der Waals surface area contributed by atoms with Crippen molar-refractivity contribution in [3.05, 3.63) is 59.5 Å². The SMILES string of the molecule is CC(C)[C@H](O)C(=O)NC[C@H](C(=O)NCc1ccc(N)nc1)c1ccc(F)cc1. The monoisotopic (exact) mass is 388 g/mol. The summed E-state index contributed by atoms with van der Waals surface area (Å²) in [6, 6.07) is 8.88. The van der Waals surface area contributed by atoms with Crippen LogP contribution in [0.5, 0.6) is 0 Å². The Morgan fingerprint density at radius 1 is 1.11 bits per heavy atom. The number of nitrogen functional groups attached to an aromatic ring is 1. The third-order valence-electron chi connectivity index (χ3n) is 4.28. The van der Waals surface area contributed by atoms with Gasteiger partial charge in [-0.25, -0.2) is 9.37 Å². The lowest BCUT2D eigenvalue weighted by Crippen LogP contribution is -2.42. The van der Waals surface area contributed by atoms with Crippen molar-refractivity contribution in [3.8, 4) is 0 Å². The van der Waals surface area contributed by atoms with E-state index in [0.29, 0.717) is 11.4 Å². The van der Waals surface area contributed by atoms with Crippen molar-refractivity contribution >= 4 is 17.6 Å². The molecule has 2 atom stereocenters. The fraction of sp³-hybridized carbons (Fsp3) is 0.350. The summed E-state index contributed by atoms with van der Waals surface area (Å²) >= 11 is 0. The molecule has 2 rings (SSSR count). The summed E-state index contributed by atoms with van der Waals surface area (Å²) in [4.78, 5) is 28.7. The standard InChI is InChI=1S/C20H25FN4O3/c1-12(2)18(26)20(28)25-11-16(14-4-6-15(21)7-5-14)19(27)24-10-13-3-8-17(22)23-9-13/h3-9,12,16,18,26H,10-11H2,1-2H3,(H2,22,23)(H,24,27)(H,25,28)/t16-,18-/m0/s1. The molecule has 0 fully saturated rings. The molecule has 1 aromatic heterocycles. The zero-order valence-corrected chi connectivity index (χ0v) is 15.9. The first-order chi connectivity index (χ1) is 13.3. The van der Waals surface area contributed by atoms with Gasteiger partial charge < -0.3 is 21.5 Å². The highest BCUT2D eigenvalue weighted by molar-refractivity contribution is 5.86. The van der Waals surface area contributed by atoms with Crippen LogP contribution in [-0.4, -0.2) is 34.6 Å². The Bertz CT molecular complexity index is 794. The fourth-order valence-corrected chi connectivity index (χ4v) is 2.52. The number of nitrogens with two attached hydrogens (primary N) is 1. The molecule has 2 aromatic rings. The van der Waals surface area contributed by atoms with Crippen LogP contribution in [0.4, 0.5) is 10.2 Å². The number of hydrogen-bond donors (Lipinski definition) is 4. The first-order valence-corrected chi connectivity index (χ1v) is 8.97. The zero-order valence-electron chi connectivity index (χ0n) is 15.9. The average molecular weight is 388 g/mol. The van der Waals surface area contributed by atoms with Gasteiger partial charge >= 0.3 is 0 Å². The Hall–Kier alpha value is -3.00. The number of aliphatic hydroxyl groups is 1. The highest BCUT2D eigenvalue weighted by Gasteiger charge is 2.24. The Morgan fingerprint density at radius 3 is 2.36 bits per heavy atom. The van der Waals surface area contributed by atoms with Crippen LogP contribution in [0.1, 0.15) is 30.9 Å². The molecule has 8 heteroatoms. The zero-order chi connectivity index (χ0) is 20.7. The summed E-state index contributed by atoms with van der Waals surface area (Å²) in [6.07, 6.45) is 0.390. The second-order valence-electron chi connectivity index (χ2n) is 6.85. The van der Waals surface area contributed by atoms with E-state index in [9.17, 15) is 19.1 Å². The third-order valence-corrected chi connectivity index (χ3v) is 4.28. The van der Waals surface area contributed by atoms with E-state index in [1.165, 1.54) is 24.3 Å². The first-order valence-electron chi connectivity index (χ1n) is 8.97. The maximum atomic E-state index is 13.2. The van der Waals surface area contributed by atoms with Crippen molar-refractivity contribution in [1.29, 1.82) is 0 Å². The molecule has 0 aliphatic heterocycles. The van der Waals surface area contributed by atoms with Crippen molar-refractivity contribution in [2.45, 2.75) is 32.4 Å². The largest absolute Gasteiger partial charge is 0.384 e. The number of amides is 2. The molecular weight excluding hydrogens is 363 g/mol. The molecule has 0 bridgehead atoms. The Morgan fingerprint density at radius 2 is 1.79 bits per heavy atom. The molecule has 0 saturated carbocycles. The average Bonchev–Trinajstić information content (AvgIpc) is 2.68.